The zero-order valence-electron chi connectivity index (χ0n) is 10.1. The fraction of sp³-hybridized carbons (Fsp3) is 0.900. The van der Waals surface area contributed by atoms with Crippen molar-refractivity contribution < 1.29 is 23.1 Å². The number of halogens is 3. The lowest BCUT2D eigenvalue weighted by molar-refractivity contribution is -0.187. The number of nitrogens with one attached hydrogen (secondary N) is 1. The summed E-state index contributed by atoms with van der Waals surface area (Å²) < 4.78 is 37.1. The Morgan fingerprint density at radius 2 is 1.88 bits per heavy atom. The first-order valence-electron chi connectivity index (χ1n) is 5.30. The van der Waals surface area contributed by atoms with Gasteiger partial charge < -0.3 is 16.2 Å². The van der Waals surface area contributed by atoms with Crippen molar-refractivity contribution in [3.63, 3.8) is 0 Å². The summed E-state index contributed by atoms with van der Waals surface area (Å²) in [5, 5.41) is 11.4. The number of amides is 1. The second kappa shape index (κ2) is 5.68. The van der Waals surface area contributed by atoms with E-state index < -0.39 is 23.7 Å². The van der Waals surface area contributed by atoms with Crippen molar-refractivity contribution >= 4 is 5.91 Å². The Bertz CT molecular complexity index is 265. The molecule has 2 atom stereocenters. The summed E-state index contributed by atoms with van der Waals surface area (Å²) in [6, 6.07) is 0. The number of hydrogen-bond acceptors (Lipinski definition) is 3. The van der Waals surface area contributed by atoms with Gasteiger partial charge in [-0.3, -0.25) is 4.79 Å². The zero-order chi connectivity index (χ0) is 13.9. The Morgan fingerprint density at radius 3 is 2.24 bits per heavy atom. The monoisotopic (exact) mass is 256 g/mol. The predicted molar refractivity (Wildman–Crippen MR) is 57.1 cm³/mol. The van der Waals surface area contributed by atoms with E-state index in [9.17, 15) is 23.1 Å². The summed E-state index contributed by atoms with van der Waals surface area (Å²) in [5.74, 6) is -1.15. The molecule has 4 nitrogen and oxygen atoms in total. The summed E-state index contributed by atoms with van der Waals surface area (Å²) in [7, 11) is 0. The van der Waals surface area contributed by atoms with Crippen molar-refractivity contribution in [3.05, 3.63) is 0 Å². The minimum Gasteiger partial charge on any atom is -0.391 e. The van der Waals surface area contributed by atoms with E-state index in [1.54, 1.807) is 0 Å². The third-order valence-electron chi connectivity index (χ3n) is 2.30. The molecule has 0 heterocycles. The van der Waals surface area contributed by atoms with E-state index in [1.807, 2.05) is 19.2 Å². The van der Waals surface area contributed by atoms with Crippen molar-refractivity contribution in [2.24, 2.45) is 11.7 Å². The van der Waals surface area contributed by atoms with E-state index in [4.69, 9.17) is 5.73 Å². The number of rotatable bonds is 5. The Balaban J connectivity index is 4.28. The van der Waals surface area contributed by atoms with Crippen LogP contribution in [0.1, 0.15) is 27.2 Å². The number of nitrogens with two attached hydrogens (primary N) is 1. The van der Waals surface area contributed by atoms with Crippen molar-refractivity contribution in [2.75, 3.05) is 6.54 Å². The first-order chi connectivity index (χ1) is 7.48. The lowest BCUT2D eigenvalue weighted by Crippen LogP contribution is -2.62. The molecular formula is C10H19F3N2O2. The average Bonchev–Trinajstić information content (AvgIpc) is 2.10. The smallest absolute Gasteiger partial charge is 0.391 e. The Labute approximate surface area is 98.4 Å². The van der Waals surface area contributed by atoms with Gasteiger partial charge in [0.15, 0.2) is 5.54 Å². The molecule has 0 aliphatic heterocycles. The van der Waals surface area contributed by atoms with Gasteiger partial charge in [0.25, 0.3) is 0 Å². The number of alkyl halides is 3. The van der Waals surface area contributed by atoms with Gasteiger partial charge in [0.05, 0.1) is 6.10 Å². The van der Waals surface area contributed by atoms with Gasteiger partial charge >= 0.3 is 6.18 Å². The number of carbonyl (C=O) groups is 1. The van der Waals surface area contributed by atoms with Crippen LogP contribution in [0.25, 0.3) is 0 Å². The van der Waals surface area contributed by atoms with Crippen LogP contribution in [-0.4, -0.2) is 35.4 Å². The fourth-order valence-electron chi connectivity index (χ4n) is 1.15. The maximum atomic E-state index is 12.4. The molecule has 2 unspecified atom stereocenters. The van der Waals surface area contributed by atoms with E-state index in [0.29, 0.717) is 13.3 Å². The zero-order valence-corrected chi connectivity index (χ0v) is 10.1. The summed E-state index contributed by atoms with van der Waals surface area (Å²) in [5.41, 5.74) is 1.97. The minimum absolute atomic E-state index is 0.189. The van der Waals surface area contributed by atoms with Gasteiger partial charge in [-0.05, 0) is 19.3 Å². The first kappa shape index (κ1) is 16.2. The number of hydrogen-bond donors (Lipinski definition) is 3. The third kappa shape index (κ3) is 4.91. The van der Waals surface area contributed by atoms with E-state index >= 15 is 0 Å². The van der Waals surface area contributed by atoms with Gasteiger partial charge in [-0.15, -0.1) is 0 Å². The summed E-state index contributed by atoms with van der Waals surface area (Å²) in [6.07, 6.45) is -5.30. The molecule has 0 fully saturated rings. The second-order valence-corrected chi connectivity index (χ2v) is 4.69. The van der Waals surface area contributed by atoms with Gasteiger partial charge in [0.1, 0.15) is 0 Å². The largest absolute Gasteiger partial charge is 0.415 e. The molecule has 0 aromatic rings. The summed E-state index contributed by atoms with van der Waals surface area (Å²) >= 11 is 0. The highest BCUT2D eigenvalue weighted by molar-refractivity contribution is 5.86. The van der Waals surface area contributed by atoms with Crippen LogP contribution in [0.5, 0.6) is 0 Å². The van der Waals surface area contributed by atoms with Crippen molar-refractivity contribution in [1.29, 1.82) is 0 Å². The lowest BCUT2D eigenvalue weighted by atomic mass is 10.0. The van der Waals surface area contributed by atoms with Crippen molar-refractivity contribution in [2.45, 2.75) is 45.0 Å². The SMILES string of the molecule is CC(C)CC(O)CNC(=O)C(C)(N)C(F)(F)F. The number of aliphatic hydroxyl groups is 1. The maximum Gasteiger partial charge on any atom is 0.415 e. The van der Waals surface area contributed by atoms with Crippen LogP contribution in [0.2, 0.25) is 0 Å². The van der Waals surface area contributed by atoms with Crippen LogP contribution in [0.15, 0.2) is 0 Å². The second-order valence-electron chi connectivity index (χ2n) is 4.69. The molecule has 1 amide bonds. The molecule has 7 heteroatoms. The normalized spacial score (nSPS) is 17.7. The molecule has 0 saturated heterocycles. The first-order valence-corrected chi connectivity index (χ1v) is 5.30. The highest BCUT2D eigenvalue weighted by atomic mass is 19.4. The fourth-order valence-corrected chi connectivity index (χ4v) is 1.15. The summed E-state index contributed by atoms with van der Waals surface area (Å²) in [6.45, 7) is 4.07. The Kier molecular flexibility index (Phi) is 5.41. The van der Waals surface area contributed by atoms with Crippen LogP contribution in [0.3, 0.4) is 0 Å². The van der Waals surface area contributed by atoms with Gasteiger partial charge in [-0.25, -0.2) is 0 Å². The Morgan fingerprint density at radius 1 is 1.41 bits per heavy atom. The molecule has 0 bridgehead atoms. The molecular weight excluding hydrogens is 237 g/mol. The van der Waals surface area contributed by atoms with Crippen molar-refractivity contribution in [1.82, 2.24) is 5.32 Å². The minimum atomic E-state index is -4.82. The molecule has 17 heavy (non-hydrogen) atoms. The van der Waals surface area contributed by atoms with Crippen LogP contribution in [0.4, 0.5) is 13.2 Å². The van der Waals surface area contributed by atoms with E-state index in [2.05, 4.69) is 0 Å². The van der Waals surface area contributed by atoms with E-state index in [1.165, 1.54) is 0 Å². The Hall–Kier alpha value is -0.820. The highest BCUT2D eigenvalue weighted by Crippen LogP contribution is 2.27. The number of carbonyl (C=O) groups excluding carboxylic acids is 1. The van der Waals surface area contributed by atoms with Crippen LogP contribution in [-0.2, 0) is 4.79 Å². The van der Waals surface area contributed by atoms with Crippen molar-refractivity contribution in [3.8, 4) is 0 Å². The molecule has 0 spiro atoms. The number of aliphatic hydroxyl groups excluding tert-OH is 1. The van der Waals surface area contributed by atoms with E-state index in [-0.39, 0.29) is 12.5 Å². The molecule has 0 aromatic carbocycles. The molecule has 0 radical (unpaired) electrons. The standard InChI is InChI=1S/C10H19F3N2O2/c1-6(2)4-7(16)5-15-8(17)9(3,14)10(11,12)13/h6-7,16H,4-5,14H2,1-3H3,(H,15,17). The average molecular weight is 256 g/mol. The van der Waals surface area contributed by atoms with Gasteiger partial charge in [0, 0.05) is 6.54 Å². The molecule has 102 valence electrons. The molecule has 4 N–H and O–H groups in total. The quantitative estimate of drug-likeness (QED) is 0.680. The van der Waals surface area contributed by atoms with Crippen LogP contribution in [0, 0.1) is 5.92 Å². The lowest BCUT2D eigenvalue weighted by Gasteiger charge is -2.26. The van der Waals surface area contributed by atoms with Crippen LogP contribution >= 0.6 is 0 Å². The van der Waals surface area contributed by atoms with Gasteiger partial charge in [-0.1, -0.05) is 13.8 Å². The predicted octanol–water partition coefficient (Wildman–Crippen LogP) is 0.789. The van der Waals surface area contributed by atoms with E-state index in [0.717, 1.165) is 0 Å². The molecule has 0 rings (SSSR count). The molecule has 0 aliphatic carbocycles. The third-order valence-corrected chi connectivity index (χ3v) is 2.30. The maximum absolute atomic E-state index is 12.4. The molecule has 0 aliphatic rings. The molecule has 0 aromatic heterocycles. The molecule has 0 saturated carbocycles. The highest BCUT2D eigenvalue weighted by Gasteiger charge is 2.53. The summed E-state index contributed by atoms with van der Waals surface area (Å²) in [4.78, 5) is 11.2. The topological polar surface area (TPSA) is 75.3 Å². The van der Waals surface area contributed by atoms with Gasteiger partial charge in [0.2, 0.25) is 5.91 Å². The van der Waals surface area contributed by atoms with Gasteiger partial charge in [-0.2, -0.15) is 13.2 Å². The van der Waals surface area contributed by atoms with Crippen LogP contribution < -0.4 is 11.1 Å².